The molecule has 29 nitrogen and oxygen atoms in total. The van der Waals surface area contributed by atoms with Gasteiger partial charge in [0.1, 0.15) is 57.6 Å². The van der Waals surface area contributed by atoms with E-state index in [9.17, 15) is 69.9 Å². The van der Waals surface area contributed by atoms with Gasteiger partial charge in [-0.2, -0.15) is 0 Å². The van der Waals surface area contributed by atoms with Crippen molar-refractivity contribution in [1.29, 1.82) is 0 Å². The molecule has 12 unspecified atom stereocenters. The van der Waals surface area contributed by atoms with Crippen molar-refractivity contribution in [3.8, 4) is 0 Å². The Morgan fingerprint density at radius 1 is 0.341 bits per heavy atom. The van der Waals surface area contributed by atoms with Crippen molar-refractivity contribution >= 4 is 28.9 Å². The molecule has 17 saturated heterocycles. The van der Waals surface area contributed by atoms with Gasteiger partial charge in [-0.1, -0.05) is 131 Å². The number of fused-ring (bicyclic) bond motifs is 11. The van der Waals surface area contributed by atoms with Crippen LogP contribution in [0.25, 0.3) is 0 Å². The van der Waals surface area contributed by atoms with Crippen LogP contribution in [0.2, 0.25) is 0 Å². The molecule has 45 atom stereocenters. The molecule has 37 aliphatic rings. The first-order chi connectivity index (χ1) is 64.5. The van der Waals surface area contributed by atoms with Crippen LogP contribution in [0.4, 0.5) is 0 Å². The highest BCUT2D eigenvalue weighted by molar-refractivity contribution is 6.07. The predicted molar refractivity (Wildman–Crippen MR) is 488 cm³/mol. The van der Waals surface area contributed by atoms with Crippen LogP contribution in [0.15, 0.2) is 72.9 Å². The van der Waals surface area contributed by atoms with E-state index in [0.29, 0.717) is 75.7 Å². The third-order valence-corrected chi connectivity index (χ3v) is 47.1. The molecule has 37 rings (SSSR count). The molecule has 17 heterocycles. The van der Waals surface area contributed by atoms with Gasteiger partial charge in [-0.05, 0) is 206 Å². The number of carbonyl (C=O) groups excluding carboxylic acids is 5. The van der Waals surface area contributed by atoms with E-state index < -0.39 is 144 Å². The molecule has 16 saturated carbocycles. The van der Waals surface area contributed by atoms with Crippen LogP contribution in [0.5, 0.6) is 0 Å². The van der Waals surface area contributed by atoms with Crippen molar-refractivity contribution in [1.82, 2.24) is 21.3 Å². The topological polar surface area (TPSA) is 457 Å². The minimum Gasteiger partial charge on any atom is -0.391 e. The maximum atomic E-state index is 14.4. The second kappa shape index (κ2) is 25.7. The summed E-state index contributed by atoms with van der Waals surface area (Å²) in [7, 11) is 0. The van der Waals surface area contributed by atoms with Crippen LogP contribution in [0.1, 0.15) is 207 Å². The maximum absolute atomic E-state index is 14.4. The lowest BCUT2D eigenvalue weighted by Gasteiger charge is -2.77. The number of aliphatic hydroxyl groups excluding tert-OH is 7. The number of ether oxygens (including phenoxy) is 11. The van der Waals surface area contributed by atoms with E-state index in [1.165, 1.54) is 0 Å². The smallest absolute Gasteiger partial charge is 0.213 e. The van der Waals surface area contributed by atoms with Crippen LogP contribution in [-0.2, 0) is 76.1 Å². The first-order valence-electron chi connectivity index (χ1n) is 52.9. The number of Topliss-reactive ketones (excluding diaryl/α,β-unsaturated/α-hetero) is 5. The van der Waals surface area contributed by atoms with Gasteiger partial charge < -0.3 is 119 Å². The second-order valence-electron chi connectivity index (χ2n) is 55.5. The van der Waals surface area contributed by atoms with Gasteiger partial charge in [-0.3, -0.25) is 24.0 Å². The molecule has 20 bridgehead atoms. The fourth-order valence-corrected chi connectivity index (χ4v) is 43.4. The van der Waals surface area contributed by atoms with E-state index >= 15 is 0 Å². The fourth-order valence-electron chi connectivity index (χ4n) is 43.4. The minimum absolute atomic E-state index is 0.00569. The molecule has 16 spiro atoms. The normalized spacial score (nSPS) is 61.7. The van der Waals surface area contributed by atoms with Crippen molar-refractivity contribution in [2.75, 3.05) is 52.7 Å². The summed E-state index contributed by atoms with van der Waals surface area (Å²) in [5, 5.41) is 118. The van der Waals surface area contributed by atoms with Crippen molar-refractivity contribution < 1.29 is 122 Å². The van der Waals surface area contributed by atoms with Crippen molar-refractivity contribution in [2.24, 2.45) is 170 Å². The third-order valence-electron chi connectivity index (χ3n) is 47.1. The van der Waals surface area contributed by atoms with Gasteiger partial charge in [0.05, 0.1) is 80.2 Å². The maximum Gasteiger partial charge on any atom is 0.213 e. The zero-order valence-electron chi connectivity index (χ0n) is 82.9. The molecule has 752 valence electrons. The van der Waals surface area contributed by atoms with Crippen molar-refractivity contribution in [3.63, 3.8) is 0 Å². The number of rotatable bonds is 0. The number of ketones is 5. The number of allylic oxidation sites excluding steroid dienone is 4. The van der Waals surface area contributed by atoms with Gasteiger partial charge in [-0.25, -0.2) is 0 Å². The Kier molecular flexibility index (Phi) is 17.0. The molecule has 138 heavy (non-hydrogen) atoms. The summed E-state index contributed by atoms with van der Waals surface area (Å²) < 4.78 is 70.8. The first kappa shape index (κ1) is 91.3. The standard InChI is InChI=1S/C23H32N2O5.C23H31NO5.C23H30O5.C20H27NO5.C20H26O5/c1-18(2)7-11-14(25-11)20-9-28-23(15(26)13(18)20)22-12(20)6-5-10(21(8-24-21)17(22)27)16(22)29-19(3,4)30-23;1-18(2)8-5-9-20-11-27-23(15(25)14(18)20)22-13(20)7-6-12(21(10-24-21)17(22)26)16(22)28-19(3,4)29-23;1-12-13-7-8-14-21-10-6-9-19(2,3)15(21)17(25)23(26-11-21)22(14,16(12)24)18(13)27-20(4,5)28-23;1-16(2)6-3-7-17-9-26-20(25,14(23)12(16)17)19-11(17)5-4-10(13(19)22)18(8-21-18)15(19)24;1-10-11-5-6-12-18-8-4-7-17(2,3)13(18)16(23)20(24,25-9-18)19(12,14(10)21)15(11)22/h10-16,24-26H,5-9H2,1-4H3;5,9,12-16,24-25H,6-8,10-11H2,1-4H3;6,10,13-15,17-18,25H,1,7-9,11H2,2-5H3;3,7,10-14,21-23,25H,4-6,8-9H2,1-2H3;4,8,11-13,15-16,22-24H,1,5-7,9H2,2-3H3/t10-,11?,12?,13-,14?,15+,16-,20+,21?,22-,23+;12-,13?,14?,15+,16-,20-,21?,22-,23+;13-,14?,15?,17-,18+,21+,22-,23-;10-,11+,12?,13-,14+,17-,18?,19-,20-;11-,12-,13?,15+,16-,18+,19-,20+/m11010/s1. The lowest BCUT2D eigenvalue weighted by molar-refractivity contribution is -0.529. The van der Waals surface area contributed by atoms with Crippen LogP contribution < -0.4 is 21.3 Å². The van der Waals surface area contributed by atoms with Gasteiger partial charge >= 0.3 is 0 Å². The molecular formula is C109H146N4O25. The summed E-state index contributed by atoms with van der Waals surface area (Å²) in [6, 6.07) is 0.767. The SMILES string of the molecule is C=C1C(=O)[C@@]23C4CC[C@@H]1[C@H]2OC(C)(C)O[C@]31OC[C@]42C=CCC(C)(C)C2[C@@H]1O.C=C1C(=O)[C@]23[C@H](O)[C@H]1CC[C@H]2[C@]12C=CCC(C)(C)C1[C@H](O)[C@@]3(O)OC2.CC1(C)CC=C[C@]23CO[C@](O)([C@@H](O)C12)[C@]12C(=O)C4(CN4)[C@H](CC[C@H]13)[C@H]2O.CC1(C)O[C@@H]2[C@H]3CCC4[C@@]56CO[C@](O1)([C@@H](O)[C@@H]5C(C)(C)CC1NC16)[C@]42C(=O)C31CN1.CC1(C)O[C@@H]2[C@H]3CCC4[C@]56C=CCC(C)(C)C5[C@H](O)[C@](OC6)(O1)[C@]42C(=O)C31CN1. The fraction of sp³-hybridized carbons (Fsp3) is 0.844. The molecular weight excluding hydrogens is 1770 g/mol. The lowest BCUT2D eigenvalue weighted by atomic mass is 9.36. The van der Waals surface area contributed by atoms with Gasteiger partial charge in [-0.15, -0.1) is 0 Å². The van der Waals surface area contributed by atoms with Crippen LogP contribution in [0.3, 0.4) is 0 Å². The molecule has 0 amide bonds. The van der Waals surface area contributed by atoms with Crippen LogP contribution in [-0.4, -0.2) is 264 Å². The largest absolute Gasteiger partial charge is 0.391 e. The van der Waals surface area contributed by atoms with Crippen molar-refractivity contribution in [3.05, 3.63) is 72.9 Å². The first-order valence-corrected chi connectivity index (χ1v) is 52.9. The summed E-state index contributed by atoms with van der Waals surface area (Å²) in [5.74, 6) is -11.9. The second-order valence-corrected chi connectivity index (χ2v) is 55.5. The monoisotopic (exact) mass is 1910 g/mol. The Labute approximate surface area is 806 Å². The third kappa shape index (κ3) is 9.03. The average Bonchev–Trinajstić information content (AvgIpc) is 1.42. The molecule has 17 aliphatic heterocycles. The van der Waals surface area contributed by atoms with E-state index in [1.54, 1.807) is 0 Å². The highest BCUT2D eigenvalue weighted by atomic mass is 16.8. The molecule has 33 fully saturated rings. The summed E-state index contributed by atoms with van der Waals surface area (Å²) in [5.41, 5.74) is -9.31. The summed E-state index contributed by atoms with van der Waals surface area (Å²) in [6.07, 6.45) is 22.7. The Hall–Kier alpha value is -4.17. The van der Waals surface area contributed by atoms with E-state index in [-0.39, 0.29) is 186 Å². The zero-order chi connectivity index (χ0) is 97.2. The van der Waals surface area contributed by atoms with E-state index in [4.69, 9.17) is 52.1 Å². The average molecular weight is 1910 g/mol. The summed E-state index contributed by atoms with van der Waals surface area (Å²) in [6.45, 7) is 45.4. The van der Waals surface area contributed by atoms with Gasteiger partial charge in [0.25, 0.3) is 0 Å². The highest BCUT2D eigenvalue weighted by Crippen LogP contribution is 2.87. The molecule has 13 N–H and O–H groups in total. The number of hydrogen-bond acceptors (Lipinski definition) is 29. The van der Waals surface area contributed by atoms with Gasteiger partial charge in [0, 0.05) is 118 Å². The lowest BCUT2D eigenvalue weighted by Crippen LogP contribution is -2.88. The summed E-state index contributed by atoms with van der Waals surface area (Å²) >= 11 is 0. The van der Waals surface area contributed by atoms with E-state index in [2.05, 4.69) is 152 Å². The van der Waals surface area contributed by atoms with E-state index in [0.717, 1.165) is 89.9 Å². The Balaban J connectivity index is 0.0000000852. The quantitative estimate of drug-likeness (QED) is 0.0704. The molecule has 29 heteroatoms. The number of nitrogens with one attached hydrogen (secondary N) is 4. The van der Waals surface area contributed by atoms with Crippen LogP contribution >= 0.6 is 0 Å². The molecule has 0 aromatic carbocycles. The molecule has 0 aromatic heterocycles. The van der Waals surface area contributed by atoms with Crippen molar-refractivity contribution in [2.45, 2.75) is 343 Å². The number of aliphatic hydroxyl groups is 9. The highest BCUT2D eigenvalue weighted by Gasteiger charge is 2.99. The van der Waals surface area contributed by atoms with Gasteiger partial charge in [0.2, 0.25) is 28.9 Å². The minimum atomic E-state index is -2.05. The number of hydrogen-bond donors (Lipinski definition) is 13. The number of carbonyl (C=O) groups is 5. The zero-order valence-corrected chi connectivity index (χ0v) is 82.9. The van der Waals surface area contributed by atoms with Gasteiger partial charge in [0.15, 0.2) is 46.3 Å². The molecule has 0 aromatic rings. The summed E-state index contributed by atoms with van der Waals surface area (Å²) in [4.78, 5) is 69.5. The van der Waals surface area contributed by atoms with Crippen LogP contribution in [0, 0.1) is 170 Å². The molecule has 20 aliphatic carbocycles. The Morgan fingerprint density at radius 3 is 1.14 bits per heavy atom. The molecule has 0 radical (unpaired) electrons. The Morgan fingerprint density at radius 2 is 0.674 bits per heavy atom. The predicted octanol–water partition coefficient (Wildman–Crippen LogP) is 6.44. The Bertz CT molecular complexity index is 5680. The van der Waals surface area contributed by atoms with E-state index in [1.807, 2.05) is 41.5 Å².